The average Bonchev–Trinajstić information content (AvgIpc) is 3.22. The van der Waals surface area contributed by atoms with Crippen LogP contribution in [0.2, 0.25) is 0 Å². The molecule has 0 unspecified atom stereocenters. The van der Waals surface area contributed by atoms with Crippen LogP contribution >= 0.6 is 0 Å². The van der Waals surface area contributed by atoms with Gasteiger partial charge >= 0.3 is 0 Å². The van der Waals surface area contributed by atoms with Crippen LogP contribution in [0.5, 0.6) is 0 Å². The number of ketones is 1. The Morgan fingerprint density at radius 1 is 0.767 bits per heavy atom. The molecule has 0 aliphatic heterocycles. The van der Waals surface area contributed by atoms with E-state index in [1.54, 1.807) is 0 Å². The van der Waals surface area contributed by atoms with Crippen LogP contribution < -0.4 is 10.6 Å². The highest BCUT2D eigenvalue weighted by atomic mass is 16.1. The van der Waals surface area contributed by atoms with Gasteiger partial charge in [0.05, 0.1) is 11.1 Å². The summed E-state index contributed by atoms with van der Waals surface area (Å²) in [5.41, 5.74) is 6.19. The van der Waals surface area contributed by atoms with Crippen LogP contribution in [0, 0.1) is 0 Å². The van der Waals surface area contributed by atoms with Crippen molar-refractivity contribution in [3.63, 3.8) is 0 Å². The Morgan fingerprint density at radius 2 is 1.53 bits per heavy atom. The van der Waals surface area contributed by atoms with E-state index >= 15 is 0 Å². The molecule has 3 N–H and O–H groups in total. The summed E-state index contributed by atoms with van der Waals surface area (Å²) in [5, 5.41) is 15.4. The van der Waals surface area contributed by atoms with Crippen molar-refractivity contribution < 1.29 is 4.79 Å². The molecule has 0 radical (unpaired) electrons. The predicted octanol–water partition coefficient (Wildman–Crippen LogP) is 5.47. The summed E-state index contributed by atoms with van der Waals surface area (Å²) in [6.07, 6.45) is 3.29. The van der Waals surface area contributed by atoms with E-state index in [0.717, 1.165) is 77.0 Å². The molecule has 4 aromatic rings. The van der Waals surface area contributed by atoms with Gasteiger partial charge in [0.15, 0.2) is 5.78 Å². The van der Waals surface area contributed by atoms with Gasteiger partial charge in [-0.2, -0.15) is 5.10 Å². The second-order valence-electron chi connectivity index (χ2n) is 7.64. The van der Waals surface area contributed by atoms with Crippen molar-refractivity contribution in [2.45, 2.75) is 19.3 Å². The first kappa shape index (κ1) is 18.4. The number of aromatic nitrogens is 2. The topological polar surface area (TPSA) is 69.8 Å². The van der Waals surface area contributed by atoms with E-state index in [9.17, 15) is 4.79 Å². The maximum absolute atomic E-state index is 13.2. The highest BCUT2D eigenvalue weighted by Crippen LogP contribution is 2.40. The Labute approximate surface area is 175 Å². The van der Waals surface area contributed by atoms with Crippen LogP contribution in [-0.4, -0.2) is 29.1 Å². The fourth-order valence-corrected chi connectivity index (χ4v) is 4.17. The molecule has 5 nitrogen and oxygen atoms in total. The third kappa shape index (κ3) is 3.32. The summed E-state index contributed by atoms with van der Waals surface area (Å²) in [5.74, 6) is 0.0691. The van der Waals surface area contributed by atoms with Crippen molar-refractivity contribution in [3.05, 3.63) is 77.9 Å². The number of benzene rings is 3. The molecule has 3 aromatic carbocycles. The standard InChI is InChI=1S/C25H24N4O/c30-25-19-12-8-14-21-22(19)24(29-28-21)18-11-7-13-20(23(18)25)27-16-6-2-5-15-26-17-9-3-1-4-10-17/h1,3-4,7-14,26-27H,2,5-6,15-16H2,(H,28,29). The molecular weight excluding hydrogens is 372 g/mol. The zero-order valence-electron chi connectivity index (χ0n) is 16.7. The number of rotatable bonds is 8. The van der Waals surface area contributed by atoms with Crippen LogP contribution in [0.4, 0.5) is 11.4 Å². The third-order valence-electron chi connectivity index (χ3n) is 5.65. The molecule has 1 heterocycles. The van der Waals surface area contributed by atoms with E-state index in [1.165, 1.54) is 0 Å². The lowest BCUT2D eigenvalue weighted by Crippen LogP contribution is -2.14. The van der Waals surface area contributed by atoms with Crippen LogP contribution in [0.3, 0.4) is 0 Å². The molecule has 0 bridgehead atoms. The molecular formula is C25H24N4O. The molecule has 0 saturated carbocycles. The van der Waals surface area contributed by atoms with Gasteiger partial charge in [-0.15, -0.1) is 0 Å². The number of aromatic amines is 1. The van der Waals surface area contributed by atoms with Gasteiger partial charge < -0.3 is 10.6 Å². The highest BCUT2D eigenvalue weighted by molar-refractivity contribution is 6.27. The molecule has 0 atom stereocenters. The minimum atomic E-state index is 0.0691. The van der Waals surface area contributed by atoms with Crippen LogP contribution in [-0.2, 0) is 0 Å². The number of fused-ring (bicyclic) bond motifs is 2. The van der Waals surface area contributed by atoms with Crippen molar-refractivity contribution >= 4 is 28.1 Å². The van der Waals surface area contributed by atoms with Crippen molar-refractivity contribution in [2.75, 3.05) is 23.7 Å². The summed E-state index contributed by atoms with van der Waals surface area (Å²) in [7, 11) is 0. The first-order chi connectivity index (χ1) is 14.8. The van der Waals surface area contributed by atoms with Gasteiger partial charge in [-0.1, -0.05) is 42.5 Å². The number of carbonyl (C=O) groups excluding carboxylic acids is 1. The second kappa shape index (κ2) is 8.03. The second-order valence-corrected chi connectivity index (χ2v) is 7.64. The molecule has 150 valence electrons. The van der Waals surface area contributed by atoms with Gasteiger partial charge in [-0.25, -0.2) is 0 Å². The number of anilines is 2. The molecule has 30 heavy (non-hydrogen) atoms. The molecule has 0 saturated heterocycles. The molecule has 1 aliphatic carbocycles. The fourth-order valence-electron chi connectivity index (χ4n) is 4.17. The molecule has 1 aromatic heterocycles. The van der Waals surface area contributed by atoms with E-state index in [1.807, 2.05) is 54.6 Å². The Morgan fingerprint density at radius 3 is 2.40 bits per heavy atom. The van der Waals surface area contributed by atoms with Crippen LogP contribution in [0.25, 0.3) is 22.2 Å². The SMILES string of the molecule is O=C1c2c(NCCCCCNc3ccccc3)cccc2-c2n[nH]c3cccc1c23. The number of unbranched alkanes of at least 4 members (excludes halogenated alkanes) is 2. The first-order valence-electron chi connectivity index (χ1n) is 10.5. The number of hydrogen-bond acceptors (Lipinski definition) is 4. The van der Waals surface area contributed by atoms with Crippen LogP contribution in [0.1, 0.15) is 35.2 Å². The van der Waals surface area contributed by atoms with Crippen LogP contribution in [0.15, 0.2) is 66.7 Å². The van der Waals surface area contributed by atoms with E-state index in [0.29, 0.717) is 0 Å². The van der Waals surface area contributed by atoms with Gasteiger partial charge in [0.2, 0.25) is 0 Å². The molecule has 5 rings (SSSR count). The van der Waals surface area contributed by atoms with E-state index < -0.39 is 0 Å². The van der Waals surface area contributed by atoms with E-state index in [2.05, 4.69) is 33.0 Å². The normalized spacial score (nSPS) is 12.1. The molecule has 1 aliphatic rings. The average molecular weight is 396 g/mol. The molecule has 0 spiro atoms. The smallest absolute Gasteiger partial charge is 0.196 e. The lowest BCUT2D eigenvalue weighted by Gasteiger charge is -2.19. The van der Waals surface area contributed by atoms with Crippen molar-refractivity contribution in [3.8, 4) is 11.3 Å². The fraction of sp³-hybridized carbons (Fsp3) is 0.200. The number of H-pyrrole nitrogens is 1. The summed E-state index contributed by atoms with van der Waals surface area (Å²) < 4.78 is 0. The van der Waals surface area contributed by atoms with Crippen molar-refractivity contribution in [1.82, 2.24) is 10.2 Å². The summed E-state index contributed by atoms with van der Waals surface area (Å²) >= 11 is 0. The highest BCUT2D eigenvalue weighted by Gasteiger charge is 2.29. The molecule has 5 heteroatoms. The van der Waals surface area contributed by atoms with Gasteiger partial charge in [0, 0.05) is 41.0 Å². The molecule has 0 amide bonds. The minimum Gasteiger partial charge on any atom is -0.385 e. The summed E-state index contributed by atoms with van der Waals surface area (Å²) in [6, 6.07) is 22.0. The van der Waals surface area contributed by atoms with Gasteiger partial charge in [-0.3, -0.25) is 9.89 Å². The summed E-state index contributed by atoms with van der Waals surface area (Å²) in [4.78, 5) is 13.2. The third-order valence-corrected chi connectivity index (χ3v) is 5.65. The Bertz CT molecular complexity index is 1200. The predicted molar refractivity (Wildman–Crippen MR) is 122 cm³/mol. The number of hydrogen-bond donors (Lipinski definition) is 3. The van der Waals surface area contributed by atoms with E-state index in [4.69, 9.17) is 0 Å². The summed E-state index contributed by atoms with van der Waals surface area (Å²) in [6.45, 7) is 1.81. The Kier molecular flexibility index (Phi) is 4.93. The minimum absolute atomic E-state index is 0.0691. The zero-order valence-corrected chi connectivity index (χ0v) is 16.7. The van der Waals surface area contributed by atoms with Crippen molar-refractivity contribution in [2.24, 2.45) is 0 Å². The Balaban J connectivity index is 1.22. The number of carbonyl (C=O) groups is 1. The first-order valence-corrected chi connectivity index (χ1v) is 10.5. The van der Waals surface area contributed by atoms with Gasteiger partial charge in [-0.05, 0) is 43.5 Å². The Hall–Kier alpha value is -3.60. The van der Waals surface area contributed by atoms with Gasteiger partial charge in [0.25, 0.3) is 0 Å². The largest absolute Gasteiger partial charge is 0.385 e. The monoisotopic (exact) mass is 396 g/mol. The molecule has 0 fully saturated rings. The maximum Gasteiger partial charge on any atom is 0.196 e. The maximum atomic E-state index is 13.2. The number of nitrogens with zero attached hydrogens (tertiary/aromatic N) is 1. The van der Waals surface area contributed by atoms with Gasteiger partial charge in [0.1, 0.15) is 5.69 Å². The lowest BCUT2D eigenvalue weighted by atomic mass is 9.86. The lowest BCUT2D eigenvalue weighted by molar-refractivity contribution is 0.104. The zero-order chi connectivity index (χ0) is 20.3. The number of para-hydroxylation sites is 1. The quantitative estimate of drug-likeness (QED) is 0.304. The number of nitrogens with one attached hydrogen (secondary N) is 3. The van der Waals surface area contributed by atoms with Crippen molar-refractivity contribution in [1.29, 1.82) is 0 Å². The van der Waals surface area contributed by atoms with E-state index in [-0.39, 0.29) is 5.78 Å².